The summed E-state index contributed by atoms with van der Waals surface area (Å²) in [5.74, 6) is 0.0397. The summed E-state index contributed by atoms with van der Waals surface area (Å²) in [4.78, 5) is 13.8. The van der Waals surface area contributed by atoms with Gasteiger partial charge < -0.3 is 5.11 Å². The second-order valence-electron chi connectivity index (χ2n) is 3.80. The van der Waals surface area contributed by atoms with Gasteiger partial charge in [0.1, 0.15) is 10.1 Å². The number of phenolic OH excluding ortho intramolecular Hbond substituents is 1. The Hall–Kier alpha value is -1.33. The maximum Gasteiger partial charge on any atom is 0.265 e. The van der Waals surface area contributed by atoms with Crippen molar-refractivity contribution < 1.29 is 9.90 Å². The number of carbonyl (C=O) groups is 1. The van der Waals surface area contributed by atoms with E-state index in [4.69, 9.17) is 12.2 Å². The van der Waals surface area contributed by atoms with Crippen LogP contribution in [0.25, 0.3) is 6.08 Å². The van der Waals surface area contributed by atoms with E-state index >= 15 is 0 Å². The van der Waals surface area contributed by atoms with E-state index in [0.717, 1.165) is 5.56 Å². The molecular formula is C12H11NO2S2. The van der Waals surface area contributed by atoms with Gasteiger partial charge in [-0.15, -0.1) is 0 Å². The van der Waals surface area contributed by atoms with E-state index in [-0.39, 0.29) is 11.7 Å². The van der Waals surface area contributed by atoms with Gasteiger partial charge in [-0.2, -0.15) is 0 Å². The zero-order valence-electron chi connectivity index (χ0n) is 9.43. The van der Waals surface area contributed by atoms with Crippen molar-refractivity contribution >= 4 is 40.3 Å². The number of hydrogen-bond acceptors (Lipinski definition) is 4. The van der Waals surface area contributed by atoms with E-state index in [1.54, 1.807) is 19.2 Å². The molecule has 5 heteroatoms. The standard InChI is InChI=1S/C12H11NO2S2/c1-7-3-4-9(14)8(5-7)6-10-11(15)13(2)12(16)17-10/h3-6,14H,1-2H3/b10-6-. The molecule has 0 saturated carbocycles. The molecule has 1 heterocycles. The van der Waals surface area contributed by atoms with Crippen molar-refractivity contribution in [1.82, 2.24) is 4.90 Å². The molecule has 0 aliphatic carbocycles. The lowest BCUT2D eigenvalue weighted by Crippen LogP contribution is -2.22. The summed E-state index contributed by atoms with van der Waals surface area (Å²) in [6, 6.07) is 5.27. The molecule has 0 unspecified atom stereocenters. The van der Waals surface area contributed by atoms with Gasteiger partial charge in [0.15, 0.2) is 0 Å². The molecule has 1 fully saturated rings. The van der Waals surface area contributed by atoms with Crippen molar-refractivity contribution in [2.75, 3.05) is 7.05 Å². The number of aryl methyl sites for hydroxylation is 1. The topological polar surface area (TPSA) is 40.5 Å². The maximum atomic E-state index is 11.8. The Kier molecular flexibility index (Phi) is 3.22. The van der Waals surface area contributed by atoms with E-state index in [9.17, 15) is 9.90 Å². The van der Waals surface area contributed by atoms with Gasteiger partial charge in [-0.25, -0.2) is 0 Å². The number of nitrogens with zero attached hydrogens (tertiary/aromatic N) is 1. The van der Waals surface area contributed by atoms with Gasteiger partial charge in [0.25, 0.3) is 5.91 Å². The zero-order chi connectivity index (χ0) is 12.6. The van der Waals surface area contributed by atoms with Crippen LogP contribution >= 0.6 is 24.0 Å². The number of hydrogen-bond donors (Lipinski definition) is 1. The van der Waals surface area contributed by atoms with Crippen LogP contribution in [0.15, 0.2) is 23.1 Å². The summed E-state index contributed by atoms with van der Waals surface area (Å²) in [6.45, 7) is 1.93. The Morgan fingerprint density at radius 3 is 2.76 bits per heavy atom. The number of aromatic hydroxyl groups is 1. The smallest absolute Gasteiger partial charge is 0.265 e. The first-order valence-corrected chi connectivity index (χ1v) is 6.22. The fourth-order valence-corrected chi connectivity index (χ4v) is 2.65. The Bertz CT molecular complexity index is 537. The quantitative estimate of drug-likeness (QED) is 0.626. The molecule has 1 amide bonds. The molecule has 3 nitrogen and oxygen atoms in total. The Balaban J connectivity index is 2.40. The highest BCUT2D eigenvalue weighted by Gasteiger charge is 2.28. The largest absolute Gasteiger partial charge is 0.507 e. The van der Waals surface area contributed by atoms with Crippen molar-refractivity contribution in [3.8, 4) is 5.75 Å². The van der Waals surface area contributed by atoms with Crippen molar-refractivity contribution in [2.45, 2.75) is 6.92 Å². The van der Waals surface area contributed by atoms with Crippen LogP contribution in [0.4, 0.5) is 0 Å². The molecule has 0 atom stereocenters. The molecule has 0 radical (unpaired) electrons. The van der Waals surface area contributed by atoms with E-state index in [1.807, 2.05) is 19.1 Å². The van der Waals surface area contributed by atoms with Gasteiger partial charge in [-0.1, -0.05) is 35.6 Å². The normalized spacial score (nSPS) is 18.2. The molecule has 1 N–H and O–H groups in total. The van der Waals surface area contributed by atoms with Crippen LogP contribution in [0.5, 0.6) is 5.75 Å². The average Bonchev–Trinajstić information content (AvgIpc) is 2.52. The van der Waals surface area contributed by atoms with E-state index in [1.165, 1.54) is 16.7 Å². The molecular weight excluding hydrogens is 254 g/mol. The Morgan fingerprint density at radius 2 is 2.18 bits per heavy atom. The first-order valence-electron chi connectivity index (χ1n) is 5.00. The molecule has 1 aromatic rings. The van der Waals surface area contributed by atoms with Crippen molar-refractivity contribution in [2.24, 2.45) is 0 Å². The molecule has 1 aliphatic heterocycles. The third kappa shape index (κ3) is 2.35. The minimum Gasteiger partial charge on any atom is -0.507 e. The molecule has 1 saturated heterocycles. The van der Waals surface area contributed by atoms with Crippen LogP contribution < -0.4 is 0 Å². The van der Waals surface area contributed by atoms with E-state index in [2.05, 4.69) is 0 Å². The van der Waals surface area contributed by atoms with E-state index in [0.29, 0.717) is 14.8 Å². The summed E-state index contributed by atoms with van der Waals surface area (Å²) in [5, 5.41) is 9.70. The van der Waals surface area contributed by atoms with Gasteiger partial charge >= 0.3 is 0 Å². The van der Waals surface area contributed by atoms with Gasteiger partial charge in [0, 0.05) is 12.6 Å². The highest BCUT2D eigenvalue weighted by atomic mass is 32.2. The molecule has 17 heavy (non-hydrogen) atoms. The lowest BCUT2D eigenvalue weighted by Gasteiger charge is -2.04. The third-order valence-electron chi connectivity index (χ3n) is 2.46. The highest BCUT2D eigenvalue weighted by Crippen LogP contribution is 2.33. The van der Waals surface area contributed by atoms with Crippen LogP contribution in [0, 0.1) is 6.92 Å². The van der Waals surface area contributed by atoms with Gasteiger partial charge in [-0.3, -0.25) is 9.69 Å². The van der Waals surface area contributed by atoms with Gasteiger partial charge in [0.2, 0.25) is 0 Å². The van der Waals surface area contributed by atoms with Gasteiger partial charge in [-0.05, 0) is 25.1 Å². The number of carbonyl (C=O) groups excluding carboxylic acids is 1. The Morgan fingerprint density at radius 1 is 1.47 bits per heavy atom. The van der Waals surface area contributed by atoms with Crippen LogP contribution in [-0.4, -0.2) is 27.3 Å². The van der Waals surface area contributed by atoms with Crippen LogP contribution in [0.3, 0.4) is 0 Å². The fraction of sp³-hybridized carbons (Fsp3) is 0.167. The number of amides is 1. The lowest BCUT2D eigenvalue weighted by molar-refractivity contribution is -0.121. The second kappa shape index (κ2) is 4.50. The highest BCUT2D eigenvalue weighted by molar-refractivity contribution is 8.26. The molecule has 88 valence electrons. The summed E-state index contributed by atoms with van der Waals surface area (Å²) in [5.41, 5.74) is 1.67. The third-order valence-corrected chi connectivity index (χ3v) is 3.94. The molecule has 0 bridgehead atoms. The first kappa shape index (κ1) is 12.1. The van der Waals surface area contributed by atoms with Crippen molar-refractivity contribution in [3.63, 3.8) is 0 Å². The van der Waals surface area contributed by atoms with Gasteiger partial charge in [0.05, 0.1) is 4.91 Å². The van der Waals surface area contributed by atoms with Crippen molar-refractivity contribution in [1.29, 1.82) is 0 Å². The molecule has 1 aromatic carbocycles. The number of thioether (sulfide) groups is 1. The first-order chi connectivity index (χ1) is 7.99. The SMILES string of the molecule is Cc1ccc(O)c(/C=C2\SC(=S)N(C)C2=O)c1. The summed E-state index contributed by atoms with van der Waals surface area (Å²) < 4.78 is 0.536. The Labute approximate surface area is 109 Å². The average molecular weight is 265 g/mol. The minimum atomic E-state index is -0.124. The number of likely N-dealkylation sites (N-methyl/N-ethyl adjacent to an activating group) is 1. The monoisotopic (exact) mass is 265 g/mol. The van der Waals surface area contributed by atoms with Crippen molar-refractivity contribution in [3.05, 3.63) is 34.2 Å². The summed E-state index contributed by atoms with van der Waals surface area (Å²) in [7, 11) is 1.65. The second-order valence-corrected chi connectivity index (χ2v) is 5.48. The van der Waals surface area contributed by atoms with Crippen LogP contribution in [0.1, 0.15) is 11.1 Å². The predicted molar refractivity (Wildman–Crippen MR) is 73.8 cm³/mol. The summed E-state index contributed by atoms with van der Waals surface area (Å²) in [6.07, 6.45) is 1.67. The number of rotatable bonds is 1. The van der Waals surface area contributed by atoms with Crippen LogP contribution in [-0.2, 0) is 4.79 Å². The maximum absolute atomic E-state index is 11.8. The van der Waals surface area contributed by atoms with E-state index < -0.39 is 0 Å². The molecule has 0 spiro atoms. The number of thiocarbonyl (C=S) groups is 1. The number of benzene rings is 1. The minimum absolute atomic E-state index is 0.124. The molecule has 2 rings (SSSR count). The summed E-state index contributed by atoms with van der Waals surface area (Å²) >= 11 is 6.28. The predicted octanol–water partition coefficient (Wildman–Crippen LogP) is 2.53. The lowest BCUT2D eigenvalue weighted by atomic mass is 10.1. The van der Waals surface area contributed by atoms with Crippen LogP contribution in [0.2, 0.25) is 0 Å². The number of phenols is 1. The fourth-order valence-electron chi connectivity index (χ4n) is 1.48. The molecule has 1 aliphatic rings. The molecule has 0 aromatic heterocycles. The zero-order valence-corrected chi connectivity index (χ0v) is 11.1.